The number of aliphatic hydroxyl groups is 1. The zero-order valence-electron chi connectivity index (χ0n) is 10.5. The summed E-state index contributed by atoms with van der Waals surface area (Å²) in [4.78, 5) is 13.8. The van der Waals surface area contributed by atoms with Gasteiger partial charge in [-0.3, -0.25) is 0 Å². The van der Waals surface area contributed by atoms with Crippen molar-refractivity contribution in [2.75, 3.05) is 32.7 Å². The summed E-state index contributed by atoms with van der Waals surface area (Å²) in [5.41, 5.74) is -0.753. The second-order valence-electron chi connectivity index (χ2n) is 5.50. The zero-order chi connectivity index (χ0) is 12.3. The molecule has 2 amide bonds. The number of β-amino-alcohol motifs (C(OH)–C–C–N with tert-alkyl or cyclic N) is 1. The minimum Gasteiger partial charge on any atom is -0.387 e. The summed E-state index contributed by atoms with van der Waals surface area (Å²) in [6.45, 7) is 5.60. The Balaban J connectivity index is 1.76. The standard InChI is InChI=1S/C12H23N3O2/c1-10-3-2-6-15(7-10)11(16)14-9-12(17)4-5-13-8-12/h10,13,17H,2-9H2,1H3,(H,14,16). The van der Waals surface area contributed by atoms with E-state index in [1.165, 1.54) is 6.42 Å². The van der Waals surface area contributed by atoms with Gasteiger partial charge in [0.1, 0.15) is 0 Å². The van der Waals surface area contributed by atoms with Gasteiger partial charge in [0.25, 0.3) is 0 Å². The summed E-state index contributed by atoms with van der Waals surface area (Å²) in [7, 11) is 0. The highest BCUT2D eigenvalue weighted by atomic mass is 16.3. The van der Waals surface area contributed by atoms with Gasteiger partial charge in [-0.2, -0.15) is 0 Å². The third kappa shape index (κ3) is 3.33. The molecule has 0 aromatic rings. The Morgan fingerprint density at radius 3 is 3.12 bits per heavy atom. The van der Waals surface area contributed by atoms with Crippen LogP contribution in [0.3, 0.4) is 0 Å². The first-order chi connectivity index (χ1) is 8.09. The van der Waals surface area contributed by atoms with Crippen molar-refractivity contribution in [3.63, 3.8) is 0 Å². The fourth-order valence-electron chi connectivity index (χ4n) is 2.61. The van der Waals surface area contributed by atoms with E-state index in [0.717, 1.165) is 26.1 Å². The fraction of sp³-hybridized carbons (Fsp3) is 0.917. The van der Waals surface area contributed by atoms with Gasteiger partial charge in [-0.1, -0.05) is 6.92 Å². The van der Waals surface area contributed by atoms with Crippen LogP contribution in [-0.4, -0.2) is 54.4 Å². The van der Waals surface area contributed by atoms with Crippen molar-refractivity contribution in [3.8, 4) is 0 Å². The summed E-state index contributed by atoms with van der Waals surface area (Å²) < 4.78 is 0. The zero-order valence-corrected chi connectivity index (χ0v) is 10.5. The van der Waals surface area contributed by atoms with Gasteiger partial charge in [0.05, 0.1) is 5.60 Å². The van der Waals surface area contributed by atoms with E-state index >= 15 is 0 Å². The lowest BCUT2D eigenvalue weighted by Crippen LogP contribution is -2.50. The molecule has 2 aliphatic heterocycles. The Morgan fingerprint density at radius 1 is 1.65 bits per heavy atom. The molecule has 2 unspecified atom stereocenters. The van der Waals surface area contributed by atoms with Crippen LogP contribution >= 0.6 is 0 Å². The van der Waals surface area contributed by atoms with Gasteiger partial charge >= 0.3 is 6.03 Å². The van der Waals surface area contributed by atoms with E-state index in [-0.39, 0.29) is 6.03 Å². The minimum atomic E-state index is -0.753. The molecule has 2 aliphatic rings. The largest absolute Gasteiger partial charge is 0.387 e. The SMILES string of the molecule is CC1CCCN(C(=O)NCC2(O)CCNC2)C1. The fourth-order valence-corrected chi connectivity index (χ4v) is 2.61. The van der Waals surface area contributed by atoms with E-state index in [9.17, 15) is 9.90 Å². The van der Waals surface area contributed by atoms with Crippen LogP contribution in [0.25, 0.3) is 0 Å². The van der Waals surface area contributed by atoms with Crippen LogP contribution in [0.5, 0.6) is 0 Å². The normalized spacial score (nSPS) is 33.8. The highest BCUT2D eigenvalue weighted by molar-refractivity contribution is 5.74. The van der Waals surface area contributed by atoms with Crippen molar-refractivity contribution in [2.45, 2.75) is 31.8 Å². The number of hydrogen-bond donors (Lipinski definition) is 3. The third-order valence-electron chi connectivity index (χ3n) is 3.73. The van der Waals surface area contributed by atoms with Crippen molar-refractivity contribution in [2.24, 2.45) is 5.92 Å². The summed E-state index contributed by atoms with van der Waals surface area (Å²) >= 11 is 0. The monoisotopic (exact) mass is 241 g/mol. The molecular weight excluding hydrogens is 218 g/mol. The average Bonchev–Trinajstić information content (AvgIpc) is 2.74. The molecule has 5 heteroatoms. The van der Waals surface area contributed by atoms with Crippen molar-refractivity contribution < 1.29 is 9.90 Å². The van der Waals surface area contributed by atoms with E-state index in [2.05, 4.69) is 17.6 Å². The van der Waals surface area contributed by atoms with Gasteiger partial charge in [-0.25, -0.2) is 4.79 Å². The molecule has 2 fully saturated rings. The molecule has 2 atom stereocenters. The molecule has 2 saturated heterocycles. The number of rotatable bonds is 2. The molecule has 0 aromatic carbocycles. The molecule has 0 aliphatic carbocycles. The first-order valence-electron chi connectivity index (χ1n) is 6.55. The molecule has 0 radical (unpaired) electrons. The van der Waals surface area contributed by atoms with Crippen LogP contribution in [0.4, 0.5) is 4.79 Å². The molecule has 0 aromatic heterocycles. The number of likely N-dealkylation sites (tertiary alicyclic amines) is 1. The topological polar surface area (TPSA) is 64.6 Å². The van der Waals surface area contributed by atoms with Crippen molar-refractivity contribution in [1.29, 1.82) is 0 Å². The number of amides is 2. The Hall–Kier alpha value is -0.810. The van der Waals surface area contributed by atoms with Gasteiger partial charge in [0, 0.05) is 26.2 Å². The molecule has 0 spiro atoms. The molecule has 98 valence electrons. The Kier molecular flexibility index (Phi) is 3.89. The molecule has 2 rings (SSSR count). The highest BCUT2D eigenvalue weighted by Crippen LogP contribution is 2.16. The second kappa shape index (κ2) is 5.23. The summed E-state index contributed by atoms with van der Waals surface area (Å²) in [5, 5.41) is 16.1. The summed E-state index contributed by atoms with van der Waals surface area (Å²) in [5.74, 6) is 0.589. The number of carbonyl (C=O) groups excluding carboxylic acids is 1. The summed E-state index contributed by atoms with van der Waals surface area (Å²) in [6.07, 6.45) is 3.00. The van der Waals surface area contributed by atoms with Crippen molar-refractivity contribution >= 4 is 6.03 Å². The average molecular weight is 241 g/mol. The van der Waals surface area contributed by atoms with Crippen LogP contribution < -0.4 is 10.6 Å². The number of piperidine rings is 1. The van der Waals surface area contributed by atoms with Crippen LogP contribution in [0.15, 0.2) is 0 Å². The van der Waals surface area contributed by atoms with Crippen LogP contribution in [0.1, 0.15) is 26.2 Å². The first-order valence-corrected chi connectivity index (χ1v) is 6.55. The minimum absolute atomic E-state index is 0.0307. The second-order valence-corrected chi connectivity index (χ2v) is 5.50. The number of hydrogen-bond acceptors (Lipinski definition) is 3. The predicted molar refractivity (Wildman–Crippen MR) is 65.8 cm³/mol. The van der Waals surface area contributed by atoms with Crippen molar-refractivity contribution in [3.05, 3.63) is 0 Å². The van der Waals surface area contributed by atoms with Crippen molar-refractivity contribution in [1.82, 2.24) is 15.5 Å². The smallest absolute Gasteiger partial charge is 0.317 e. The molecule has 5 nitrogen and oxygen atoms in total. The summed E-state index contributed by atoms with van der Waals surface area (Å²) in [6, 6.07) is -0.0307. The van der Waals surface area contributed by atoms with E-state index in [1.807, 2.05) is 4.90 Å². The molecular formula is C12H23N3O2. The van der Waals surface area contributed by atoms with Crippen LogP contribution in [0.2, 0.25) is 0 Å². The lowest BCUT2D eigenvalue weighted by atomic mass is 10.0. The van der Waals surface area contributed by atoms with Crippen LogP contribution in [0, 0.1) is 5.92 Å². The predicted octanol–water partition coefficient (Wildman–Crippen LogP) is 0.152. The molecule has 17 heavy (non-hydrogen) atoms. The van der Waals surface area contributed by atoms with E-state index < -0.39 is 5.60 Å². The molecule has 3 N–H and O–H groups in total. The van der Waals surface area contributed by atoms with Gasteiger partial charge in [0.2, 0.25) is 0 Å². The number of nitrogens with zero attached hydrogens (tertiary/aromatic N) is 1. The Morgan fingerprint density at radius 2 is 2.47 bits per heavy atom. The maximum absolute atomic E-state index is 11.9. The number of carbonyl (C=O) groups is 1. The van der Waals surface area contributed by atoms with Gasteiger partial charge in [-0.15, -0.1) is 0 Å². The maximum Gasteiger partial charge on any atom is 0.317 e. The van der Waals surface area contributed by atoms with Crippen LogP contribution in [-0.2, 0) is 0 Å². The number of nitrogens with one attached hydrogen (secondary N) is 2. The van der Waals surface area contributed by atoms with E-state index in [4.69, 9.17) is 0 Å². The van der Waals surface area contributed by atoms with Gasteiger partial charge in [0.15, 0.2) is 0 Å². The molecule has 2 heterocycles. The Labute approximate surface area is 103 Å². The number of urea groups is 1. The quantitative estimate of drug-likeness (QED) is 0.645. The van der Waals surface area contributed by atoms with E-state index in [1.54, 1.807) is 0 Å². The maximum atomic E-state index is 11.9. The first kappa shape index (κ1) is 12.6. The lowest BCUT2D eigenvalue weighted by molar-refractivity contribution is 0.0607. The van der Waals surface area contributed by atoms with E-state index in [0.29, 0.717) is 25.4 Å². The highest BCUT2D eigenvalue weighted by Gasteiger charge is 2.32. The Bertz CT molecular complexity index is 277. The van der Waals surface area contributed by atoms with Gasteiger partial charge < -0.3 is 20.6 Å². The lowest BCUT2D eigenvalue weighted by Gasteiger charge is -2.32. The molecule has 0 bridgehead atoms. The third-order valence-corrected chi connectivity index (χ3v) is 3.73. The van der Waals surface area contributed by atoms with Gasteiger partial charge in [-0.05, 0) is 31.7 Å². The molecule has 0 saturated carbocycles.